The minimum absolute atomic E-state index is 0.00148. The van der Waals surface area contributed by atoms with Crippen molar-refractivity contribution in [1.29, 1.82) is 0 Å². The van der Waals surface area contributed by atoms with Gasteiger partial charge in [0.15, 0.2) is 0 Å². The minimum Gasteiger partial charge on any atom is -0.352 e. The zero-order chi connectivity index (χ0) is 20.2. The monoisotopic (exact) mass is 409 g/mol. The number of amides is 1. The van der Waals surface area contributed by atoms with E-state index in [1.165, 1.54) is 6.42 Å². The topological polar surface area (TPSA) is 64.0 Å². The van der Waals surface area contributed by atoms with Gasteiger partial charge in [0.1, 0.15) is 5.82 Å². The molecule has 1 aliphatic rings. The maximum Gasteiger partial charge on any atom is 0.261 e. The highest BCUT2D eigenvalue weighted by molar-refractivity contribution is 6.30. The molecule has 0 atom stereocenters. The van der Waals surface area contributed by atoms with E-state index in [0.717, 1.165) is 50.0 Å². The number of aromatic nitrogens is 2. The molecule has 0 saturated heterocycles. The lowest BCUT2D eigenvalue weighted by molar-refractivity contribution is 0.0954. The summed E-state index contributed by atoms with van der Waals surface area (Å²) in [7, 11) is 0. The Hall–Kier alpha value is -2.66. The van der Waals surface area contributed by atoms with Crippen LogP contribution in [0.4, 0.5) is 0 Å². The van der Waals surface area contributed by atoms with Gasteiger partial charge in [0, 0.05) is 30.1 Å². The predicted molar refractivity (Wildman–Crippen MR) is 116 cm³/mol. The second-order valence-corrected chi connectivity index (χ2v) is 7.95. The van der Waals surface area contributed by atoms with Crippen LogP contribution in [0.15, 0.2) is 47.3 Å². The van der Waals surface area contributed by atoms with Gasteiger partial charge in [-0.25, -0.2) is 4.98 Å². The fourth-order valence-electron chi connectivity index (χ4n) is 3.81. The summed E-state index contributed by atoms with van der Waals surface area (Å²) in [6.07, 6.45) is 5.91. The zero-order valence-electron chi connectivity index (χ0n) is 16.3. The van der Waals surface area contributed by atoms with Gasteiger partial charge in [-0.15, -0.1) is 0 Å². The molecule has 0 bridgehead atoms. The van der Waals surface area contributed by atoms with Gasteiger partial charge in [-0.05, 0) is 55.2 Å². The molecule has 0 saturated carbocycles. The molecule has 5 nitrogen and oxygen atoms in total. The summed E-state index contributed by atoms with van der Waals surface area (Å²) in [5.74, 6) is 0.678. The lowest BCUT2D eigenvalue weighted by Crippen LogP contribution is -2.28. The molecular formula is C23H24ClN3O2. The number of carbonyl (C=O) groups excluding carboxylic acids is 1. The van der Waals surface area contributed by atoms with E-state index in [2.05, 4.69) is 5.32 Å². The molecule has 29 heavy (non-hydrogen) atoms. The van der Waals surface area contributed by atoms with Crippen LogP contribution in [-0.2, 0) is 19.4 Å². The summed E-state index contributed by atoms with van der Waals surface area (Å²) >= 11 is 5.90. The van der Waals surface area contributed by atoms with Crippen molar-refractivity contribution in [3.05, 3.63) is 74.8 Å². The fraction of sp³-hybridized carbons (Fsp3) is 0.348. The Kier molecular flexibility index (Phi) is 5.95. The molecule has 4 rings (SSSR count). The van der Waals surface area contributed by atoms with Gasteiger partial charge in [0.25, 0.3) is 11.5 Å². The highest BCUT2D eigenvalue weighted by atomic mass is 35.5. The molecule has 1 aromatic heterocycles. The molecule has 0 unspecified atom stereocenters. The number of nitrogens with one attached hydrogen (secondary N) is 1. The number of halogens is 1. The van der Waals surface area contributed by atoms with Crippen LogP contribution < -0.4 is 10.9 Å². The second-order valence-electron chi connectivity index (χ2n) is 7.51. The largest absolute Gasteiger partial charge is 0.352 e. The van der Waals surface area contributed by atoms with Gasteiger partial charge in [0.2, 0.25) is 0 Å². The van der Waals surface area contributed by atoms with E-state index in [4.69, 9.17) is 16.6 Å². The molecule has 3 aromatic rings. The zero-order valence-corrected chi connectivity index (χ0v) is 17.0. The summed E-state index contributed by atoms with van der Waals surface area (Å²) in [5, 5.41) is 4.21. The van der Waals surface area contributed by atoms with Crippen LogP contribution in [0, 0.1) is 0 Å². The Labute approximate surface area is 174 Å². The van der Waals surface area contributed by atoms with Gasteiger partial charge in [-0.2, -0.15) is 0 Å². The van der Waals surface area contributed by atoms with Crippen molar-refractivity contribution < 1.29 is 4.79 Å². The fourth-order valence-corrected chi connectivity index (χ4v) is 3.94. The number of fused-ring (bicyclic) bond motifs is 2. The van der Waals surface area contributed by atoms with Crippen LogP contribution in [0.3, 0.4) is 0 Å². The average Bonchev–Trinajstić information content (AvgIpc) is 2.70. The third kappa shape index (κ3) is 4.51. The molecule has 0 aliphatic carbocycles. The van der Waals surface area contributed by atoms with Crippen LogP contribution in [0.2, 0.25) is 5.02 Å². The number of benzene rings is 2. The molecule has 1 aliphatic heterocycles. The van der Waals surface area contributed by atoms with Gasteiger partial charge < -0.3 is 5.32 Å². The number of rotatable bonds is 4. The van der Waals surface area contributed by atoms with E-state index in [1.54, 1.807) is 18.2 Å². The molecule has 0 fully saturated rings. The van der Waals surface area contributed by atoms with Gasteiger partial charge >= 0.3 is 0 Å². The van der Waals surface area contributed by atoms with Crippen LogP contribution >= 0.6 is 11.6 Å². The van der Waals surface area contributed by atoms with Crippen molar-refractivity contribution >= 4 is 28.4 Å². The Bertz CT molecular complexity index is 1090. The summed E-state index contributed by atoms with van der Waals surface area (Å²) < 4.78 is 1.81. The first-order valence-electron chi connectivity index (χ1n) is 10.2. The molecule has 0 spiro atoms. The van der Waals surface area contributed by atoms with E-state index in [1.807, 2.05) is 28.8 Å². The average molecular weight is 410 g/mol. The number of carbonyl (C=O) groups is 1. The van der Waals surface area contributed by atoms with Crippen molar-refractivity contribution in [1.82, 2.24) is 14.9 Å². The van der Waals surface area contributed by atoms with E-state index in [0.29, 0.717) is 28.0 Å². The maximum atomic E-state index is 12.9. The van der Waals surface area contributed by atoms with E-state index in [-0.39, 0.29) is 11.5 Å². The van der Waals surface area contributed by atoms with Crippen LogP contribution in [0.5, 0.6) is 0 Å². The maximum absolute atomic E-state index is 12.9. The number of hydrogen-bond donors (Lipinski definition) is 1. The highest BCUT2D eigenvalue weighted by Gasteiger charge is 2.14. The summed E-state index contributed by atoms with van der Waals surface area (Å²) in [6, 6.07) is 12.8. The van der Waals surface area contributed by atoms with Crippen LogP contribution in [0.1, 0.15) is 47.4 Å². The number of aryl methyl sites for hydroxylation is 1. The summed E-state index contributed by atoms with van der Waals surface area (Å²) in [6.45, 7) is 1.25. The molecule has 2 heterocycles. The third-order valence-electron chi connectivity index (χ3n) is 5.44. The normalized spacial score (nSPS) is 14.1. The van der Waals surface area contributed by atoms with E-state index >= 15 is 0 Å². The molecule has 1 N–H and O–H groups in total. The minimum atomic E-state index is -0.158. The molecule has 1 amide bonds. The smallest absolute Gasteiger partial charge is 0.261 e. The third-order valence-corrected chi connectivity index (χ3v) is 5.69. The quantitative estimate of drug-likeness (QED) is 0.704. The molecule has 150 valence electrons. The standard InChI is InChI=1S/C23H24ClN3O2/c24-18-9-6-16(7-10-18)12-13-25-22(28)17-8-11-19-20(15-17)26-21-5-3-1-2-4-14-27(21)23(19)29/h6-11,15H,1-5,12-14H2,(H,25,28). The van der Waals surface area contributed by atoms with Crippen LogP contribution in [-0.4, -0.2) is 22.0 Å². The first-order valence-corrected chi connectivity index (χ1v) is 10.6. The second kappa shape index (κ2) is 8.78. The lowest BCUT2D eigenvalue weighted by atomic mass is 10.1. The highest BCUT2D eigenvalue weighted by Crippen LogP contribution is 2.16. The van der Waals surface area contributed by atoms with E-state index in [9.17, 15) is 9.59 Å². The van der Waals surface area contributed by atoms with Crippen molar-refractivity contribution in [2.45, 2.75) is 45.1 Å². The van der Waals surface area contributed by atoms with Crippen molar-refractivity contribution in [3.8, 4) is 0 Å². The molecule has 6 heteroatoms. The Balaban J connectivity index is 1.51. The lowest BCUT2D eigenvalue weighted by Gasteiger charge is -2.16. The molecule has 2 aromatic carbocycles. The number of nitrogens with zero attached hydrogens (tertiary/aromatic N) is 2. The summed E-state index contributed by atoms with van der Waals surface area (Å²) in [5.41, 5.74) is 2.24. The predicted octanol–water partition coefficient (Wildman–Crippen LogP) is 4.14. The molecule has 0 radical (unpaired) electrons. The van der Waals surface area contributed by atoms with Gasteiger partial charge in [0.05, 0.1) is 10.9 Å². The van der Waals surface area contributed by atoms with Crippen molar-refractivity contribution in [2.24, 2.45) is 0 Å². The Morgan fingerprint density at radius 2 is 1.86 bits per heavy atom. The SMILES string of the molecule is O=C(NCCc1ccc(Cl)cc1)c1ccc2c(=O)n3c(nc2c1)CCCCCC3. The molecular weight excluding hydrogens is 386 g/mol. The van der Waals surface area contributed by atoms with Crippen LogP contribution in [0.25, 0.3) is 10.9 Å². The Morgan fingerprint density at radius 3 is 2.69 bits per heavy atom. The summed E-state index contributed by atoms with van der Waals surface area (Å²) in [4.78, 5) is 30.2. The van der Waals surface area contributed by atoms with Gasteiger partial charge in [-0.1, -0.05) is 36.6 Å². The van der Waals surface area contributed by atoms with Crippen molar-refractivity contribution in [2.75, 3.05) is 6.54 Å². The van der Waals surface area contributed by atoms with Crippen molar-refractivity contribution in [3.63, 3.8) is 0 Å². The van der Waals surface area contributed by atoms with Gasteiger partial charge in [-0.3, -0.25) is 14.2 Å². The van der Waals surface area contributed by atoms with E-state index < -0.39 is 0 Å². The number of hydrogen-bond acceptors (Lipinski definition) is 3. The first kappa shape index (κ1) is 19.6. The first-order chi connectivity index (χ1) is 14.1. The Morgan fingerprint density at radius 1 is 1.07 bits per heavy atom.